The summed E-state index contributed by atoms with van der Waals surface area (Å²) in [5.74, 6) is -1.06. The molecule has 1 aliphatic rings. The molecule has 6 nitrogen and oxygen atoms in total. The van der Waals surface area contributed by atoms with Gasteiger partial charge in [-0.05, 0) is 27.4 Å². The maximum atomic E-state index is 11.1. The normalized spacial score (nSPS) is 22.9. The predicted molar refractivity (Wildman–Crippen MR) is 76.4 cm³/mol. The zero-order valence-electron chi connectivity index (χ0n) is 11.0. The number of hydrogen-bond donors (Lipinski definition) is 1. The van der Waals surface area contributed by atoms with Crippen LogP contribution in [0.15, 0.2) is 22.7 Å². The average Bonchev–Trinajstić information content (AvgIpc) is 2.72. The lowest BCUT2D eigenvalue weighted by Gasteiger charge is -2.16. The van der Waals surface area contributed by atoms with Crippen molar-refractivity contribution in [2.75, 3.05) is 13.1 Å². The number of halogens is 1. The van der Waals surface area contributed by atoms with Crippen molar-refractivity contribution in [2.24, 2.45) is 11.8 Å². The van der Waals surface area contributed by atoms with Crippen LogP contribution in [-0.2, 0) is 11.3 Å². The number of benzene rings is 1. The van der Waals surface area contributed by atoms with Gasteiger partial charge in [-0.15, -0.1) is 0 Å². The molecule has 0 unspecified atom stereocenters. The van der Waals surface area contributed by atoms with Crippen LogP contribution >= 0.6 is 15.9 Å². The number of carboxylic acids is 1. The molecule has 2 atom stereocenters. The number of nitro benzene ring substituents is 1. The SMILES string of the molecule is C[C@@H]1CN(Cc2cccc([N+](=O)[O-])c2Br)C[C@H]1C(=O)O. The van der Waals surface area contributed by atoms with Gasteiger partial charge >= 0.3 is 5.97 Å². The van der Waals surface area contributed by atoms with Crippen molar-refractivity contribution in [1.29, 1.82) is 0 Å². The smallest absolute Gasteiger partial charge is 0.308 e. The summed E-state index contributed by atoms with van der Waals surface area (Å²) >= 11 is 3.26. The van der Waals surface area contributed by atoms with Gasteiger partial charge in [-0.1, -0.05) is 19.1 Å². The summed E-state index contributed by atoms with van der Waals surface area (Å²) in [7, 11) is 0. The topological polar surface area (TPSA) is 83.7 Å². The third-order valence-electron chi connectivity index (χ3n) is 3.65. The van der Waals surface area contributed by atoms with E-state index in [4.69, 9.17) is 5.11 Å². The molecule has 0 aliphatic carbocycles. The summed E-state index contributed by atoms with van der Waals surface area (Å²) in [5.41, 5.74) is 0.835. The first kappa shape index (κ1) is 14.9. The van der Waals surface area contributed by atoms with Crippen molar-refractivity contribution in [3.05, 3.63) is 38.3 Å². The van der Waals surface area contributed by atoms with E-state index >= 15 is 0 Å². The lowest BCUT2D eigenvalue weighted by atomic mass is 9.99. The first-order valence-electron chi connectivity index (χ1n) is 6.27. The Kier molecular flexibility index (Phi) is 4.39. The molecule has 0 radical (unpaired) electrons. The average molecular weight is 343 g/mol. The molecule has 2 rings (SSSR count). The van der Waals surface area contributed by atoms with Crippen LogP contribution in [0.25, 0.3) is 0 Å². The fourth-order valence-electron chi connectivity index (χ4n) is 2.59. The molecule has 1 saturated heterocycles. The van der Waals surface area contributed by atoms with Crippen molar-refractivity contribution in [2.45, 2.75) is 13.5 Å². The molecule has 0 aromatic heterocycles. The second-order valence-corrected chi connectivity index (χ2v) is 5.92. The van der Waals surface area contributed by atoms with Gasteiger partial charge in [-0.3, -0.25) is 19.8 Å². The molecule has 0 spiro atoms. The number of aliphatic carboxylic acids is 1. The summed E-state index contributed by atoms with van der Waals surface area (Å²) in [6, 6.07) is 4.91. The van der Waals surface area contributed by atoms with E-state index in [9.17, 15) is 14.9 Å². The zero-order chi connectivity index (χ0) is 14.9. The van der Waals surface area contributed by atoms with E-state index in [0.717, 1.165) is 5.56 Å². The summed E-state index contributed by atoms with van der Waals surface area (Å²) in [4.78, 5) is 23.6. The number of carboxylic acid groups (broad SMARTS) is 1. The summed E-state index contributed by atoms with van der Waals surface area (Å²) < 4.78 is 0.469. The van der Waals surface area contributed by atoms with Crippen LogP contribution in [0.5, 0.6) is 0 Å². The fraction of sp³-hybridized carbons (Fsp3) is 0.462. The van der Waals surface area contributed by atoms with Gasteiger partial charge in [-0.25, -0.2) is 0 Å². The highest BCUT2D eigenvalue weighted by molar-refractivity contribution is 9.10. The Labute approximate surface area is 124 Å². The third kappa shape index (κ3) is 2.99. The molecule has 1 fully saturated rings. The first-order chi connectivity index (χ1) is 9.40. The molecule has 0 saturated carbocycles. The molecule has 1 N–H and O–H groups in total. The van der Waals surface area contributed by atoms with E-state index in [2.05, 4.69) is 15.9 Å². The van der Waals surface area contributed by atoms with E-state index in [-0.39, 0.29) is 17.5 Å². The van der Waals surface area contributed by atoms with Crippen molar-refractivity contribution in [3.8, 4) is 0 Å². The largest absolute Gasteiger partial charge is 0.481 e. The summed E-state index contributed by atoms with van der Waals surface area (Å²) in [6.45, 7) is 3.59. The number of nitrogens with zero attached hydrogens (tertiary/aromatic N) is 2. The summed E-state index contributed by atoms with van der Waals surface area (Å²) in [5, 5.41) is 20.0. The predicted octanol–water partition coefficient (Wildman–Crippen LogP) is 2.51. The van der Waals surface area contributed by atoms with E-state index in [1.54, 1.807) is 6.07 Å². The Morgan fingerprint density at radius 2 is 2.25 bits per heavy atom. The van der Waals surface area contributed by atoms with Crippen molar-refractivity contribution < 1.29 is 14.8 Å². The van der Waals surface area contributed by atoms with Gasteiger partial charge in [0, 0.05) is 25.7 Å². The Balaban J connectivity index is 2.14. The Hall–Kier alpha value is -1.47. The molecule has 20 heavy (non-hydrogen) atoms. The second-order valence-electron chi connectivity index (χ2n) is 5.12. The molecular weight excluding hydrogens is 328 g/mol. The molecule has 1 aliphatic heterocycles. The molecule has 0 amide bonds. The van der Waals surface area contributed by atoms with Gasteiger partial charge in [-0.2, -0.15) is 0 Å². The van der Waals surface area contributed by atoms with Gasteiger partial charge < -0.3 is 5.11 Å². The maximum absolute atomic E-state index is 11.1. The quantitative estimate of drug-likeness (QED) is 0.671. The van der Waals surface area contributed by atoms with Crippen LogP contribution in [0, 0.1) is 22.0 Å². The monoisotopic (exact) mass is 342 g/mol. The van der Waals surface area contributed by atoms with Gasteiger partial charge in [0.1, 0.15) is 0 Å². The molecule has 1 aromatic carbocycles. The molecule has 108 valence electrons. The number of nitro groups is 1. The molecule has 7 heteroatoms. The molecular formula is C13H15BrN2O4. The maximum Gasteiger partial charge on any atom is 0.308 e. The van der Waals surface area contributed by atoms with Crippen LogP contribution in [0.2, 0.25) is 0 Å². The van der Waals surface area contributed by atoms with E-state index in [0.29, 0.717) is 24.1 Å². The van der Waals surface area contributed by atoms with Gasteiger partial charge in [0.25, 0.3) is 5.69 Å². The first-order valence-corrected chi connectivity index (χ1v) is 7.06. The second kappa shape index (κ2) is 5.88. The highest BCUT2D eigenvalue weighted by atomic mass is 79.9. The Morgan fingerprint density at radius 3 is 2.80 bits per heavy atom. The van der Waals surface area contributed by atoms with Crippen molar-refractivity contribution in [1.82, 2.24) is 4.90 Å². The van der Waals surface area contributed by atoms with E-state index in [1.807, 2.05) is 17.9 Å². The fourth-order valence-corrected chi connectivity index (χ4v) is 3.12. The lowest BCUT2D eigenvalue weighted by Crippen LogP contribution is -2.23. The molecule has 0 bridgehead atoms. The summed E-state index contributed by atoms with van der Waals surface area (Å²) in [6.07, 6.45) is 0. The Morgan fingerprint density at radius 1 is 1.55 bits per heavy atom. The van der Waals surface area contributed by atoms with Gasteiger partial charge in [0.2, 0.25) is 0 Å². The minimum atomic E-state index is -0.780. The standard InChI is InChI=1S/C13H15BrN2O4/c1-8-5-15(7-10(8)13(17)18)6-9-3-2-4-11(12(9)14)16(19)20/h2-4,8,10H,5-7H2,1H3,(H,17,18)/t8-,10-/m1/s1. The Bertz CT molecular complexity index is 549. The minimum Gasteiger partial charge on any atom is -0.481 e. The van der Waals surface area contributed by atoms with E-state index < -0.39 is 10.9 Å². The minimum absolute atomic E-state index is 0.0320. The van der Waals surface area contributed by atoms with Crippen molar-refractivity contribution in [3.63, 3.8) is 0 Å². The number of likely N-dealkylation sites (tertiary alicyclic amines) is 1. The number of carbonyl (C=O) groups is 1. The van der Waals surface area contributed by atoms with Gasteiger partial charge in [0.15, 0.2) is 0 Å². The van der Waals surface area contributed by atoms with Crippen LogP contribution < -0.4 is 0 Å². The van der Waals surface area contributed by atoms with Gasteiger partial charge in [0.05, 0.1) is 15.3 Å². The van der Waals surface area contributed by atoms with Crippen LogP contribution in [0.1, 0.15) is 12.5 Å². The number of hydrogen-bond acceptors (Lipinski definition) is 4. The van der Waals surface area contributed by atoms with Crippen LogP contribution in [0.4, 0.5) is 5.69 Å². The number of rotatable bonds is 4. The van der Waals surface area contributed by atoms with Crippen LogP contribution in [0.3, 0.4) is 0 Å². The molecule has 1 aromatic rings. The molecule has 1 heterocycles. The van der Waals surface area contributed by atoms with E-state index in [1.165, 1.54) is 6.07 Å². The lowest BCUT2D eigenvalue weighted by molar-refractivity contribution is -0.385. The highest BCUT2D eigenvalue weighted by Crippen LogP contribution is 2.31. The van der Waals surface area contributed by atoms with Crippen LogP contribution in [-0.4, -0.2) is 34.0 Å². The third-order valence-corrected chi connectivity index (χ3v) is 4.57. The highest BCUT2D eigenvalue weighted by Gasteiger charge is 2.34. The van der Waals surface area contributed by atoms with Crippen molar-refractivity contribution >= 4 is 27.6 Å². The zero-order valence-corrected chi connectivity index (χ0v) is 12.5.